The van der Waals surface area contributed by atoms with Crippen LogP contribution in [0.1, 0.15) is 27.0 Å². The van der Waals surface area contributed by atoms with E-state index in [1.165, 1.54) is 5.56 Å². The van der Waals surface area contributed by atoms with Gasteiger partial charge in [-0.25, -0.2) is 0 Å². The van der Waals surface area contributed by atoms with Crippen molar-refractivity contribution in [3.05, 3.63) is 34.4 Å². The maximum absolute atomic E-state index is 12.5. The minimum atomic E-state index is 0.0846. The average Bonchev–Trinajstić information content (AvgIpc) is 2.32. The highest BCUT2D eigenvalue weighted by Crippen LogP contribution is 2.17. The zero-order valence-corrected chi connectivity index (χ0v) is 12.7. The van der Waals surface area contributed by atoms with Crippen molar-refractivity contribution in [3.63, 3.8) is 0 Å². The molecule has 0 atom stereocenters. The van der Waals surface area contributed by atoms with E-state index >= 15 is 0 Å². The molecule has 0 spiro atoms. The molecule has 0 saturated carbocycles. The molecule has 1 heterocycles. The van der Waals surface area contributed by atoms with E-state index in [0.717, 1.165) is 23.2 Å². The Morgan fingerprint density at radius 1 is 1.15 bits per heavy atom. The van der Waals surface area contributed by atoms with Crippen molar-refractivity contribution in [2.75, 3.05) is 33.2 Å². The molecule has 1 amide bonds. The number of aryl methyl sites for hydroxylation is 3. The summed E-state index contributed by atoms with van der Waals surface area (Å²) in [6.45, 7) is 8.10. The lowest BCUT2D eigenvalue weighted by molar-refractivity contribution is -0.134. The largest absolute Gasteiger partial charge is 0.343 e. The van der Waals surface area contributed by atoms with Crippen molar-refractivity contribution in [1.82, 2.24) is 9.80 Å². The van der Waals surface area contributed by atoms with E-state index in [1.54, 1.807) is 11.9 Å². The Morgan fingerprint density at radius 3 is 2.30 bits per heavy atom. The van der Waals surface area contributed by atoms with Gasteiger partial charge in [0.2, 0.25) is 5.91 Å². The van der Waals surface area contributed by atoms with E-state index < -0.39 is 0 Å². The molecule has 1 aromatic rings. The van der Waals surface area contributed by atoms with E-state index in [-0.39, 0.29) is 11.7 Å². The van der Waals surface area contributed by atoms with Crippen molar-refractivity contribution < 1.29 is 9.59 Å². The maximum atomic E-state index is 12.5. The summed E-state index contributed by atoms with van der Waals surface area (Å²) in [5.74, 6) is 0.193. The Balaban J connectivity index is 2.11. The highest BCUT2D eigenvalue weighted by Gasteiger charge is 2.24. The van der Waals surface area contributed by atoms with Crippen LogP contribution < -0.4 is 0 Å². The van der Waals surface area contributed by atoms with Crippen LogP contribution in [0, 0.1) is 20.8 Å². The number of carbonyl (C=O) groups is 2. The summed E-state index contributed by atoms with van der Waals surface area (Å²) in [5, 5.41) is 0. The van der Waals surface area contributed by atoms with E-state index in [0.29, 0.717) is 19.6 Å². The van der Waals surface area contributed by atoms with Gasteiger partial charge in [-0.3, -0.25) is 14.5 Å². The number of hydrogen-bond donors (Lipinski definition) is 0. The highest BCUT2D eigenvalue weighted by molar-refractivity contribution is 6.00. The number of Topliss-reactive ketones (excluding diaryl/α,β-unsaturated/α-hetero) is 1. The summed E-state index contributed by atoms with van der Waals surface area (Å²) in [4.78, 5) is 27.8. The Labute approximate surface area is 120 Å². The molecular weight excluding hydrogens is 252 g/mol. The number of ketones is 1. The average molecular weight is 274 g/mol. The number of carbonyl (C=O) groups excluding carboxylic acids is 2. The quantitative estimate of drug-likeness (QED) is 0.786. The SMILES string of the molecule is Cc1cc(C)c(C(=O)CN2CCN(C)C(=O)C2)c(C)c1. The Kier molecular flexibility index (Phi) is 4.23. The summed E-state index contributed by atoms with van der Waals surface area (Å²) >= 11 is 0. The molecule has 0 unspecified atom stereocenters. The Bertz CT molecular complexity index is 528. The van der Waals surface area contributed by atoms with Gasteiger partial charge in [0.05, 0.1) is 13.1 Å². The first-order valence-corrected chi connectivity index (χ1v) is 6.96. The molecular formula is C16H22N2O2. The van der Waals surface area contributed by atoms with Crippen molar-refractivity contribution >= 4 is 11.7 Å². The molecule has 0 aromatic heterocycles. The number of benzene rings is 1. The molecule has 0 bridgehead atoms. The second-order valence-electron chi connectivity index (χ2n) is 5.72. The van der Waals surface area contributed by atoms with Gasteiger partial charge in [-0.15, -0.1) is 0 Å². The number of hydrogen-bond acceptors (Lipinski definition) is 3. The third kappa shape index (κ3) is 3.07. The number of likely N-dealkylation sites (N-methyl/N-ethyl adjacent to an activating group) is 1. The second kappa shape index (κ2) is 5.75. The van der Waals surface area contributed by atoms with Crippen LogP contribution in [-0.4, -0.2) is 54.7 Å². The third-order valence-electron chi connectivity index (χ3n) is 3.86. The second-order valence-corrected chi connectivity index (χ2v) is 5.72. The van der Waals surface area contributed by atoms with Gasteiger partial charge in [0.25, 0.3) is 0 Å². The molecule has 1 aliphatic heterocycles. The molecule has 108 valence electrons. The normalized spacial score (nSPS) is 16.6. The summed E-state index contributed by atoms with van der Waals surface area (Å²) in [7, 11) is 1.80. The van der Waals surface area contributed by atoms with Crippen LogP contribution >= 0.6 is 0 Å². The zero-order valence-electron chi connectivity index (χ0n) is 12.7. The molecule has 4 nitrogen and oxygen atoms in total. The molecule has 4 heteroatoms. The van der Waals surface area contributed by atoms with Crippen LogP contribution in [0.15, 0.2) is 12.1 Å². The first kappa shape index (κ1) is 14.7. The molecule has 1 aromatic carbocycles. The van der Waals surface area contributed by atoms with Gasteiger partial charge < -0.3 is 4.90 Å². The van der Waals surface area contributed by atoms with Gasteiger partial charge in [0.1, 0.15) is 0 Å². The smallest absolute Gasteiger partial charge is 0.236 e. The van der Waals surface area contributed by atoms with Crippen molar-refractivity contribution in [2.24, 2.45) is 0 Å². The van der Waals surface area contributed by atoms with Crippen LogP contribution in [0.3, 0.4) is 0 Å². The number of amides is 1. The van der Waals surface area contributed by atoms with Crippen molar-refractivity contribution in [1.29, 1.82) is 0 Å². The molecule has 2 rings (SSSR count). The standard InChI is InChI=1S/C16H22N2O2/c1-11-7-12(2)16(13(3)8-11)14(19)9-18-6-5-17(4)15(20)10-18/h7-8H,5-6,9-10H2,1-4H3. The predicted octanol–water partition coefficient (Wildman–Crippen LogP) is 1.57. The summed E-state index contributed by atoms with van der Waals surface area (Å²) in [6, 6.07) is 4.07. The number of nitrogens with zero attached hydrogens (tertiary/aromatic N) is 2. The maximum Gasteiger partial charge on any atom is 0.236 e. The van der Waals surface area contributed by atoms with Gasteiger partial charge in [0.15, 0.2) is 5.78 Å². The van der Waals surface area contributed by atoms with E-state index in [2.05, 4.69) is 0 Å². The fourth-order valence-corrected chi connectivity index (χ4v) is 2.84. The first-order chi connectivity index (χ1) is 9.38. The van der Waals surface area contributed by atoms with E-state index in [4.69, 9.17) is 0 Å². The Hall–Kier alpha value is -1.68. The first-order valence-electron chi connectivity index (χ1n) is 6.96. The molecule has 0 aliphatic carbocycles. The lowest BCUT2D eigenvalue weighted by Gasteiger charge is -2.31. The van der Waals surface area contributed by atoms with Crippen LogP contribution in [0.25, 0.3) is 0 Å². The highest BCUT2D eigenvalue weighted by atomic mass is 16.2. The molecule has 1 aliphatic rings. The van der Waals surface area contributed by atoms with Crippen LogP contribution in [0.4, 0.5) is 0 Å². The summed E-state index contributed by atoms with van der Waals surface area (Å²) in [6.07, 6.45) is 0. The van der Waals surface area contributed by atoms with Gasteiger partial charge >= 0.3 is 0 Å². The molecule has 1 saturated heterocycles. The lowest BCUT2D eigenvalue weighted by atomic mass is 9.96. The Morgan fingerprint density at radius 2 is 1.75 bits per heavy atom. The topological polar surface area (TPSA) is 40.6 Å². The van der Waals surface area contributed by atoms with Crippen LogP contribution in [-0.2, 0) is 4.79 Å². The zero-order chi connectivity index (χ0) is 14.9. The fourth-order valence-electron chi connectivity index (χ4n) is 2.84. The van der Waals surface area contributed by atoms with E-state index in [1.807, 2.05) is 37.8 Å². The van der Waals surface area contributed by atoms with Crippen molar-refractivity contribution in [3.8, 4) is 0 Å². The van der Waals surface area contributed by atoms with Gasteiger partial charge in [-0.1, -0.05) is 17.7 Å². The monoisotopic (exact) mass is 274 g/mol. The number of piperazine rings is 1. The van der Waals surface area contributed by atoms with Crippen molar-refractivity contribution in [2.45, 2.75) is 20.8 Å². The van der Waals surface area contributed by atoms with Crippen LogP contribution in [0.2, 0.25) is 0 Å². The fraction of sp³-hybridized carbons (Fsp3) is 0.500. The van der Waals surface area contributed by atoms with Gasteiger partial charge in [0, 0.05) is 25.7 Å². The lowest BCUT2D eigenvalue weighted by Crippen LogP contribution is -2.49. The third-order valence-corrected chi connectivity index (χ3v) is 3.86. The van der Waals surface area contributed by atoms with Gasteiger partial charge in [-0.2, -0.15) is 0 Å². The summed E-state index contributed by atoms with van der Waals surface area (Å²) < 4.78 is 0. The van der Waals surface area contributed by atoms with Crippen LogP contribution in [0.5, 0.6) is 0 Å². The number of rotatable bonds is 3. The molecule has 0 N–H and O–H groups in total. The van der Waals surface area contributed by atoms with E-state index in [9.17, 15) is 9.59 Å². The molecule has 1 fully saturated rings. The molecule has 20 heavy (non-hydrogen) atoms. The summed E-state index contributed by atoms with van der Waals surface area (Å²) in [5.41, 5.74) is 4.02. The van der Waals surface area contributed by atoms with Gasteiger partial charge in [-0.05, 0) is 31.9 Å². The minimum absolute atomic E-state index is 0.0846. The molecule has 0 radical (unpaired) electrons. The minimum Gasteiger partial charge on any atom is -0.343 e. The predicted molar refractivity (Wildman–Crippen MR) is 79.1 cm³/mol.